The summed E-state index contributed by atoms with van der Waals surface area (Å²) in [7, 11) is 0. The number of aryl methyl sites for hydroxylation is 1. The van der Waals surface area contributed by atoms with Gasteiger partial charge in [-0.05, 0) is 19.3 Å². The number of hydrogen-bond donors (Lipinski definition) is 1. The summed E-state index contributed by atoms with van der Waals surface area (Å²) >= 11 is 0. The largest absolute Gasteiger partial charge is 0.338 e. The maximum absolute atomic E-state index is 13.3. The van der Waals surface area contributed by atoms with Crippen molar-refractivity contribution >= 4 is 6.03 Å². The summed E-state index contributed by atoms with van der Waals surface area (Å²) in [6.07, 6.45) is 5.18. The third-order valence-electron chi connectivity index (χ3n) is 4.49. The quantitative estimate of drug-likeness (QED) is 0.923. The lowest BCUT2D eigenvalue weighted by molar-refractivity contribution is -0.0523. The Morgan fingerprint density at radius 3 is 2.87 bits per heavy atom. The average Bonchev–Trinajstić information content (AvgIpc) is 2.74. The Labute approximate surface area is 134 Å². The van der Waals surface area contributed by atoms with E-state index in [2.05, 4.69) is 20.1 Å². The third-order valence-corrected chi connectivity index (χ3v) is 4.49. The number of likely N-dealkylation sites (tertiary alicyclic amines) is 1. The first-order chi connectivity index (χ1) is 11.1. The first-order valence-electron chi connectivity index (χ1n) is 8.37. The fraction of sp³-hybridized carbons (Fsp3) is 0.800. The van der Waals surface area contributed by atoms with Crippen LogP contribution in [-0.4, -0.2) is 51.3 Å². The van der Waals surface area contributed by atoms with Gasteiger partial charge >= 0.3 is 6.03 Å². The molecule has 23 heavy (non-hydrogen) atoms. The lowest BCUT2D eigenvalue weighted by Crippen LogP contribution is -2.50. The number of carbonyl (C=O) groups is 1. The molecule has 0 saturated carbocycles. The molecule has 2 amide bonds. The van der Waals surface area contributed by atoms with Crippen molar-refractivity contribution < 1.29 is 13.6 Å². The number of fused-ring (bicyclic) bond motifs is 1. The number of rotatable bonds is 3. The van der Waals surface area contributed by atoms with E-state index in [0.717, 1.165) is 37.5 Å². The number of alkyl halides is 2. The van der Waals surface area contributed by atoms with E-state index in [4.69, 9.17) is 0 Å². The second kappa shape index (κ2) is 6.80. The van der Waals surface area contributed by atoms with Crippen LogP contribution in [0.2, 0.25) is 0 Å². The fourth-order valence-electron chi connectivity index (χ4n) is 3.26. The molecular formula is C15H23F2N5O. The molecule has 3 heterocycles. The molecule has 1 N–H and O–H groups in total. The van der Waals surface area contributed by atoms with Crippen LogP contribution in [0.4, 0.5) is 13.6 Å². The highest BCUT2D eigenvalue weighted by molar-refractivity contribution is 5.74. The van der Waals surface area contributed by atoms with Crippen LogP contribution in [0.5, 0.6) is 0 Å². The molecule has 128 valence electrons. The van der Waals surface area contributed by atoms with Crippen LogP contribution in [0.1, 0.15) is 43.8 Å². The van der Waals surface area contributed by atoms with Gasteiger partial charge in [0.1, 0.15) is 11.6 Å². The van der Waals surface area contributed by atoms with Crippen LogP contribution in [0, 0.1) is 0 Å². The van der Waals surface area contributed by atoms with Crippen molar-refractivity contribution in [2.45, 2.75) is 57.4 Å². The SMILES string of the molecule is O=C(NCCc1nnc2n1CCCCC2)N1CCCC(F)(F)C1. The molecular weight excluding hydrogens is 304 g/mol. The zero-order chi connectivity index (χ0) is 16.3. The van der Waals surface area contributed by atoms with Gasteiger partial charge in [0.15, 0.2) is 0 Å². The molecule has 2 aliphatic heterocycles. The van der Waals surface area contributed by atoms with Crippen LogP contribution in [-0.2, 0) is 19.4 Å². The van der Waals surface area contributed by atoms with Crippen LogP contribution >= 0.6 is 0 Å². The van der Waals surface area contributed by atoms with Gasteiger partial charge in [-0.1, -0.05) is 6.42 Å². The molecule has 1 aromatic heterocycles. The summed E-state index contributed by atoms with van der Waals surface area (Å²) in [5, 5.41) is 11.1. The van der Waals surface area contributed by atoms with Gasteiger partial charge in [-0.3, -0.25) is 0 Å². The number of nitrogens with one attached hydrogen (secondary N) is 1. The Morgan fingerprint density at radius 2 is 2.04 bits per heavy atom. The van der Waals surface area contributed by atoms with Crippen LogP contribution in [0.25, 0.3) is 0 Å². The van der Waals surface area contributed by atoms with E-state index in [1.165, 1.54) is 11.3 Å². The number of piperidine rings is 1. The molecule has 0 aliphatic carbocycles. The van der Waals surface area contributed by atoms with Crippen molar-refractivity contribution in [3.05, 3.63) is 11.6 Å². The van der Waals surface area contributed by atoms with E-state index >= 15 is 0 Å². The summed E-state index contributed by atoms with van der Waals surface area (Å²) in [6, 6.07) is -0.417. The summed E-state index contributed by atoms with van der Waals surface area (Å²) in [5.41, 5.74) is 0. The maximum Gasteiger partial charge on any atom is 0.317 e. The molecule has 0 bridgehead atoms. The molecule has 1 saturated heterocycles. The molecule has 2 aliphatic rings. The molecule has 0 unspecified atom stereocenters. The van der Waals surface area contributed by atoms with Crippen LogP contribution in [0.3, 0.4) is 0 Å². The number of amides is 2. The van der Waals surface area contributed by atoms with E-state index in [1.807, 2.05) is 0 Å². The van der Waals surface area contributed by atoms with Crippen molar-refractivity contribution in [1.82, 2.24) is 25.0 Å². The second-order valence-corrected chi connectivity index (χ2v) is 6.36. The average molecular weight is 327 g/mol. The fourth-order valence-corrected chi connectivity index (χ4v) is 3.26. The zero-order valence-electron chi connectivity index (χ0n) is 13.2. The number of nitrogens with zero attached hydrogens (tertiary/aromatic N) is 4. The minimum Gasteiger partial charge on any atom is -0.338 e. The number of urea groups is 1. The molecule has 6 nitrogen and oxygen atoms in total. The smallest absolute Gasteiger partial charge is 0.317 e. The van der Waals surface area contributed by atoms with Crippen molar-refractivity contribution in [1.29, 1.82) is 0 Å². The van der Waals surface area contributed by atoms with Gasteiger partial charge in [0, 0.05) is 38.9 Å². The number of halogens is 2. The van der Waals surface area contributed by atoms with E-state index in [1.54, 1.807) is 0 Å². The zero-order valence-corrected chi connectivity index (χ0v) is 13.2. The Bertz CT molecular complexity index is 560. The first kappa shape index (κ1) is 16.1. The molecule has 3 rings (SSSR count). The molecule has 0 atom stereocenters. The standard InChI is InChI=1S/C15H23F2N5O/c16-15(17)7-4-9-21(11-15)14(23)18-8-6-13-20-19-12-5-2-1-3-10-22(12)13/h1-11H2,(H,18,23). The molecule has 8 heteroatoms. The molecule has 1 fully saturated rings. The van der Waals surface area contributed by atoms with Gasteiger partial charge in [-0.2, -0.15) is 0 Å². The highest BCUT2D eigenvalue weighted by Crippen LogP contribution is 2.26. The molecule has 0 aromatic carbocycles. The minimum atomic E-state index is -2.76. The second-order valence-electron chi connectivity index (χ2n) is 6.36. The topological polar surface area (TPSA) is 63.1 Å². The van der Waals surface area contributed by atoms with E-state index < -0.39 is 18.5 Å². The van der Waals surface area contributed by atoms with Crippen molar-refractivity contribution in [2.24, 2.45) is 0 Å². The van der Waals surface area contributed by atoms with Gasteiger partial charge in [-0.25, -0.2) is 13.6 Å². The summed E-state index contributed by atoms with van der Waals surface area (Å²) in [4.78, 5) is 13.2. The highest BCUT2D eigenvalue weighted by atomic mass is 19.3. The normalized spacial score (nSPS) is 20.7. The van der Waals surface area contributed by atoms with Crippen molar-refractivity contribution in [3.8, 4) is 0 Å². The van der Waals surface area contributed by atoms with Gasteiger partial charge in [0.25, 0.3) is 5.92 Å². The highest BCUT2D eigenvalue weighted by Gasteiger charge is 2.36. The van der Waals surface area contributed by atoms with Crippen LogP contribution in [0.15, 0.2) is 0 Å². The van der Waals surface area contributed by atoms with Gasteiger partial charge in [-0.15, -0.1) is 10.2 Å². The number of carbonyl (C=O) groups excluding carboxylic acids is 1. The lowest BCUT2D eigenvalue weighted by Gasteiger charge is -2.32. The Kier molecular flexibility index (Phi) is 4.77. The van der Waals surface area contributed by atoms with E-state index in [0.29, 0.717) is 25.9 Å². The van der Waals surface area contributed by atoms with Crippen LogP contribution < -0.4 is 5.32 Å². The minimum absolute atomic E-state index is 0.136. The predicted molar refractivity (Wildman–Crippen MR) is 80.4 cm³/mol. The van der Waals surface area contributed by atoms with Gasteiger partial charge in [0.05, 0.1) is 6.54 Å². The monoisotopic (exact) mass is 327 g/mol. The van der Waals surface area contributed by atoms with Crippen molar-refractivity contribution in [2.75, 3.05) is 19.6 Å². The Balaban J connectivity index is 1.50. The van der Waals surface area contributed by atoms with E-state index in [9.17, 15) is 13.6 Å². The van der Waals surface area contributed by atoms with Gasteiger partial charge < -0.3 is 14.8 Å². The molecule has 0 radical (unpaired) electrons. The summed E-state index contributed by atoms with van der Waals surface area (Å²) in [6.45, 7) is 1.21. The Hall–Kier alpha value is -1.73. The first-order valence-corrected chi connectivity index (χ1v) is 8.37. The maximum atomic E-state index is 13.3. The van der Waals surface area contributed by atoms with E-state index in [-0.39, 0.29) is 6.42 Å². The number of aromatic nitrogens is 3. The summed E-state index contributed by atoms with van der Waals surface area (Å²) < 4.78 is 28.8. The predicted octanol–water partition coefficient (Wildman–Crippen LogP) is 1.99. The molecule has 0 spiro atoms. The van der Waals surface area contributed by atoms with Gasteiger partial charge in [0.2, 0.25) is 0 Å². The lowest BCUT2D eigenvalue weighted by atomic mass is 10.1. The number of hydrogen-bond acceptors (Lipinski definition) is 3. The Morgan fingerprint density at radius 1 is 1.17 bits per heavy atom. The van der Waals surface area contributed by atoms with Crippen molar-refractivity contribution in [3.63, 3.8) is 0 Å². The summed E-state index contributed by atoms with van der Waals surface area (Å²) in [5.74, 6) is -0.884. The third kappa shape index (κ3) is 3.97. The molecule has 1 aromatic rings.